The monoisotopic (exact) mass is 566 g/mol. The molecule has 0 aliphatic carbocycles. The SMILES string of the molecule is CN(CCCC(O)CSc1c(-c2cc(Cl)ccc2O)c2cc(C(F)(F)F)ccc2[nH]c1=O)Cc1ccco1. The predicted octanol–water partition coefficient (Wildman–Crippen LogP) is 6.53. The van der Waals surface area contributed by atoms with Crippen LogP contribution in [-0.4, -0.2) is 45.5 Å². The Morgan fingerprint density at radius 2 is 1.97 bits per heavy atom. The van der Waals surface area contributed by atoms with Crippen LogP contribution in [0.5, 0.6) is 5.75 Å². The van der Waals surface area contributed by atoms with Crippen LogP contribution in [0.15, 0.2) is 68.9 Å². The van der Waals surface area contributed by atoms with Gasteiger partial charge in [0.25, 0.3) is 5.56 Å². The second-order valence-corrected chi connectivity index (χ2v) is 10.5. The summed E-state index contributed by atoms with van der Waals surface area (Å²) < 4.78 is 45.9. The molecule has 0 fully saturated rings. The zero-order valence-electron chi connectivity index (χ0n) is 20.4. The average Bonchev–Trinajstić information content (AvgIpc) is 3.36. The molecule has 2 aromatic carbocycles. The summed E-state index contributed by atoms with van der Waals surface area (Å²) in [7, 11) is 1.94. The summed E-state index contributed by atoms with van der Waals surface area (Å²) in [4.78, 5) is 17.8. The number of aliphatic hydroxyl groups is 1. The van der Waals surface area contributed by atoms with Crippen molar-refractivity contribution in [3.63, 3.8) is 0 Å². The minimum absolute atomic E-state index is 0.0865. The minimum atomic E-state index is -4.61. The normalized spacial score (nSPS) is 12.9. The molecule has 1 unspecified atom stereocenters. The number of aliphatic hydroxyl groups excluding tert-OH is 1. The summed E-state index contributed by atoms with van der Waals surface area (Å²) in [6.07, 6.45) is -2.62. The maximum atomic E-state index is 13.5. The van der Waals surface area contributed by atoms with Gasteiger partial charge in [0.1, 0.15) is 11.5 Å². The second kappa shape index (κ2) is 11.9. The van der Waals surface area contributed by atoms with Crippen LogP contribution in [0.25, 0.3) is 22.0 Å². The molecular weight excluding hydrogens is 541 g/mol. The number of nitrogens with one attached hydrogen (secondary N) is 1. The third kappa shape index (κ3) is 6.74. The second-order valence-electron chi connectivity index (χ2n) is 9.00. The van der Waals surface area contributed by atoms with Crippen LogP contribution in [0.2, 0.25) is 5.02 Å². The largest absolute Gasteiger partial charge is 0.507 e. The van der Waals surface area contributed by atoms with Crippen LogP contribution < -0.4 is 5.56 Å². The Kier molecular flexibility index (Phi) is 8.77. The number of phenols is 1. The smallest absolute Gasteiger partial charge is 0.416 e. The summed E-state index contributed by atoms with van der Waals surface area (Å²) in [5.74, 6) is 0.731. The van der Waals surface area contributed by atoms with Crippen molar-refractivity contribution in [2.45, 2.75) is 36.6 Å². The van der Waals surface area contributed by atoms with E-state index in [4.69, 9.17) is 16.0 Å². The lowest BCUT2D eigenvalue weighted by Gasteiger charge is -2.18. The molecule has 0 radical (unpaired) electrons. The number of halogens is 4. The summed E-state index contributed by atoms with van der Waals surface area (Å²) in [6.45, 7) is 1.34. The molecule has 6 nitrogen and oxygen atoms in total. The predicted molar refractivity (Wildman–Crippen MR) is 143 cm³/mol. The van der Waals surface area contributed by atoms with Crippen molar-refractivity contribution in [2.75, 3.05) is 19.3 Å². The van der Waals surface area contributed by atoms with E-state index < -0.39 is 23.4 Å². The van der Waals surface area contributed by atoms with Crippen LogP contribution in [0.4, 0.5) is 13.2 Å². The quantitative estimate of drug-likeness (QED) is 0.189. The van der Waals surface area contributed by atoms with Crippen molar-refractivity contribution >= 4 is 34.3 Å². The Labute approximate surface area is 226 Å². The van der Waals surface area contributed by atoms with Gasteiger partial charge in [-0.3, -0.25) is 9.69 Å². The van der Waals surface area contributed by atoms with Gasteiger partial charge in [-0.2, -0.15) is 13.2 Å². The number of aromatic nitrogens is 1. The van der Waals surface area contributed by atoms with Crippen LogP contribution in [-0.2, 0) is 12.7 Å². The molecule has 2 heterocycles. The summed E-state index contributed by atoms with van der Waals surface area (Å²) in [6, 6.07) is 10.9. The van der Waals surface area contributed by atoms with Gasteiger partial charge < -0.3 is 19.6 Å². The molecule has 0 saturated heterocycles. The topological polar surface area (TPSA) is 89.7 Å². The maximum absolute atomic E-state index is 13.5. The van der Waals surface area contributed by atoms with Crippen molar-refractivity contribution in [3.05, 3.63) is 81.5 Å². The number of alkyl halides is 3. The lowest BCUT2D eigenvalue weighted by molar-refractivity contribution is -0.137. The summed E-state index contributed by atoms with van der Waals surface area (Å²) in [5.41, 5.74) is -0.993. The molecule has 4 aromatic rings. The van der Waals surface area contributed by atoms with E-state index in [2.05, 4.69) is 9.88 Å². The van der Waals surface area contributed by atoms with Gasteiger partial charge in [0.15, 0.2) is 0 Å². The fourth-order valence-corrected chi connectivity index (χ4v) is 5.42. The first-order chi connectivity index (χ1) is 18.0. The number of aromatic amines is 1. The average molecular weight is 567 g/mol. The van der Waals surface area contributed by atoms with Crippen molar-refractivity contribution in [1.82, 2.24) is 9.88 Å². The number of hydrogen-bond acceptors (Lipinski definition) is 6. The van der Waals surface area contributed by atoms with E-state index in [9.17, 15) is 28.2 Å². The fourth-order valence-electron chi connectivity index (χ4n) is 4.17. The van der Waals surface area contributed by atoms with Crippen LogP contribution >= 0.6 is 23.4 Å². The number of thioether (sulfide) groups is 1. The lowest BCUT2D eigenvalue weighted by Crippen LogP contribution is -2.21. The summed E-state index contributed by atoms with van der Waals surface area (Å²) >= 11 is 7.16. The number of aromatic hydroxyl groups is 1. The van der Waals surface area contributed by atoms with Crippen LogP contribution in [0.1, 0.15) is 24.2 Å². The van der Waals surface area contributed by atoms with Crippen LogP contribution in [0.3, 0.4) is 0 Å². The van der Waals surface area contributed by atoms with Gasteiger partial charge in [0.05, 0.1) is 29.4 Å². The van der Waals surface area contributed by atoms with E-state index in [0.717, 1.165) is 29.7 Å². The van der Waals surface area contributed by atoms with Gasteiger partial charge in [0, 0.05) is 32.8 Å². The van der Waals surface area contributed by atoms with E-state index in [1.165, 1.54) is 24.3 Å². The highest BCUT2D eigenvalue weighted by Gasteiger charge is 2.31. The van der Waals surface area contributed by atoms with Crippen molar-refractivity contribution < 1.29 is 27.8 Å². The number of benzene rings is 2. The Balaban J connectivity index is 1.59. The van der Waals surface area contributed by atoms with Gasteiger partial charge in [-0.1, -0.05) is 11.6 Å². The van der Waals surface area contributed by atoms with E-state index >= 15 is 0 Å². The molecule has 38 heavy (non-hydrogen) atoms. The van der Waals surface area contributed by atoms with Crippen molar-refractivity contribution in [2.24, 2.45) is 0 Å². The number of H-pyrrole nitrogens is 1. The Morgan fingerprint density at radius 3 is 2.68 bits per heavy atom. The molecule has 0 aliphatic heterocycles. The third-order valence-corrected chi connectivity index (χ3v) is 7.49. The molecular formula is C27H26ClF3N2O4S. The standard InChI is InChI=1S/C27H26ClF3N2O4S/c1-33(14-19-5-3-11-37-19)10-2-4-18(34)15-38-25-24(21-13-17(28)7-9-23(21)35)20-12-16(27(29,30)31)6-8-22(20)32-26(25)36/h3,5-9,11-13,18,34-35H,2,4,10,14-15H2,1H3,(H,32,36). The first-order valence-corrected chi connectivity index (χ1v) is 13.2. The van der Waals surface area contributed by atoms with E-state index in [1.807, 2.05) is 19.2 Å². The van der Waals surface area contributed by atoms with Gasteiger partial charge >= 0.3 is 6.18 Å². The number of nitrogens with zero attached hydrogens (tertiary/aromatic N) is 1. The molecule has 0 saturated carbocycles. The van der Waals surface area contributed by atoms with E-state index in [0.29, 0.717) is 25.9 Å². The van der Waals surface area contributed by atoms with E-state index in [1.54, 1.807) is 6.26 Å². The Hall–Kier alpha value is -2.92. The summed E-state index contributed by atoms with van der Waals surface area (Å²) in [5, 5.41) is 21.5. The molecule has 4 rings (SSSR count). The van der Waals surface area contributed by atoms with E-state index in [-0.39, 0.29) is 43.5 Å². The van der Waals surface area contributed by atoms with Crippen molar-refractivity contribution in [3.8, 4) is 16.9 Å². The highest BCUT2D eigenvalue weighted by atomic mass is 35.5. The first kappa shape index (κ1) is 28.1. The Bertz CT molecular complexity index is 1460. The zero-order valence-corrected chi connectivity index (χ0v) is 22.0. The molecule has 2 aromatic heterocycles. The number of pyridine rings is 1. The molecule has 0 spiro atoms. The number of phenolic OH excluding ortho intramolecular Hbond substituents is 1. The van der Waals surface area contributed by atoms with Crippen molar-refractivity contribution in [1.29, 1.82) is 0 Å². The molecule has 0 bridgehead atoms. The fraction of sp³-hybridized carbons (Fsp3) is 0.296. The molecule has 3 N–H and O–H groups in total. The minimum Gasteiger partial charge on any atom is -0.507 e. The molecule has 11 heteroatoms. The molecule has 1 atom stereocenters. The molecule has 0 amide bonds. The number of furan rings is 1. The van der Waals surface area contributed by atoms with Gasteiger partial charge in [-0.25, -0.2) is 0 Å². The van der Waals surface area contributed by atoms with Gasteiger partial charge in [-0.05, 0) is 75.0 Å². The first-order valence-electron chi connectivity index (χ1n) is 11.8. The number of rotatable bonds is 10. The Morgan fingerprint density at radius 1 is 1.18 bits per heavy atom. The van der Waals surface area contributed by atoms with Gasteiger partial charge in [-0.15, -0.1) is 11.8 Å². The number of hydrogen-bond donors (Lipinski definition) is 3. The maximum Gasteiger partial charge on any atom is 0.416 e. The molecule has 0 aliphatic rings. The highest BCUT2D eigenvalue weighted by Crippen LogP contribution is 2.42. The number of fused-ring (bicyclic) bond motifs is 1. The zero-order chi connectivity index (χ0) is 27.4. The lowest BCUT2D eigenvalue weighted by atomic mass is 9.98. The third-order valence-electron chi connectivity index (χ3n) is 6.03. The highest BCUT2D eigenvalue weighted by molar-refractivity contribution is 7.99. The molecule has 202 valence electrons. The van der Waals surface area contributed by atoms with Gasteiger partial charge in [0.2, 0.25) is 0 Å². The van der Waals surface area contributed by atoms with Crippen LogP contribution in [0, 0.1) is 0 Å².